The van der Waals surface area contributed by atoms with E-state index in [2.05, 4.69) is 4.99 Å². The van der Waals surface area contributed by atoms with E-state index in [9.17, 15) is 0 Å². The average Bonchev–Trinajstić information content (AvgIpc) is 2.17. The second kappa shape index (κ2) is 5.39. The Balaban J connectivity index is 2.89. The average molecular weight is 206 g/mol. The molecule has 0 aliphatic carbocycles. The van der Waals surface area contributed by atoms with E-state index in [1.54, 1.807) is 0 Å². The summed E-state index contributed by atoms with van der Waals surface area (Å²) in [5.74, 6) is 1.39. The third kappa shape index (κ3) is 3.62. The number of rotatable bonds is 4. The minimum absolute atomic E-state index is 0.209. The molecule has 3 nitrogen and oxygen atoms in total. The molecule has 1 aromatic carbocycles. The van der Waals surface area contributed by atoms with Gasteiger partial charge in [0.05, 0.1) is 6.61 Å². The van der Waals surface area contributed by atoms with Gasteiger partial charge in [-0.25, -0.2) is 0 Å². The molecular weight excluding hydrogens is 188 g/mol. The number of aliphatic imine (C=N–C) groups is 1. The highest BCUT2D eigenvalue weighted by Crippen LogP contribution is 2.13. The normalized spacial score (nSPS) is 11.9. The van der Waals surface area contributed by atoms with Crippen molar-refractivity contribution >= 4 is 5.84 Å². The van der Waals surface area contributed by atoms with Gasteiger partial charge in [-0.15, -0.1) is 0 Å². The van der Waals surface area contributed by atoms with Crippen molar-refractivity contribution in [2.75, 3.05) is 6.61 Å². The third-order valence-corrected chi connectivity index (χ3v) is 1.84. The van der Waals surface area contributed by atoms with E-state index in [0.29, 0.717) is 12.4 Å². The van der Waals surface area contributed by atoms with Crippen molar-refractivity contribution in [3.63, 3.8) is 0 Å². The van der Waals surface area contributed by atoms with Crippen LogP contribution in [-0.4, -0.2) is 18.5 Å². The lowest BCUT2D eigenvalue weighted by Gasteiger charge is -2.06. The van der Waals surface area contributed by atoms with Crippen molar-refractivity contribution in [2.24, 2.45) is 10.7 Å². The van der Waals surface area contributed by atoms with Gasteiger partial charge >= 0.3 is 0 Å². The van der Waals surface area contributed by atoms with Crippen LogP contribution < -0.4 is 10.5 Å². The summed E-state index contributed by atoms with van der Waals surface area (Å²) in [7, 11) is 0. The first kappa shape index (κ1) is 11.6. The van der Waals surface area contributed by atoms with Gasteiger partial charge in [0.15, 0.2) is 0 Å². The molecule has 0 aromatic heterocycles. The number of amidine groups is 1. The van der Waals surface area contributed by atoms with Crippen molar-refractivity contribution in [2.45, 2.75) is 26.8 Å². The number of hydrogen-bond acceptors (Lipinski definition) is 2. The topological polar surface area (TPSA) is 47.6 Å². The van der Waals surface area contributed by atoms with E-state index in [1.165, 1.54) is 0 Å². The lowest BCUT2D eigenvalue weighted by atomic mass is 10.2. The number of benzene rings is 1. The number of hydrogen-bond donors (Lipinski definition) is 1. The molecule has 0 amide bonds. The first-order valence-electron chi connectivity index (χ1n) is 5.20. The SMILES string of the molecule is CCOc1cccc(C(N)=NC(C)C)c1. The number of nitrogens with two attached hydrogens (primary N) is 1. The van der Waals surface area contributed by atoms with E-state index in [0.717, 1.165) is 11.3 Å². The molecule has 0 spiro atoms. The van der Waals surface area contributed by atoms with Crippen LogP contribution in [0.4, 0.5) is 0 Å². The fraction of sp³-hybridized carbons (Fsp3) is 0.417. The highest BCUT2D eigenvalue weighted by atomic mass is 16.5. The Morgan fingerprint density at radius 1 is 1.47 bits per heavy atom. The maximum absolute atomic E-state index is 5.86. The van der Waals surface area contributed by atoms with Crippen LogP contribution in [0, 0.1) is 0 Å². The van der Waals surface area contributed by atoms with Crippen LogP contribution in [0.3, 0.4) is 0 Å². The zero-order chi connectivity index (χ0) is 11.3. The van der Waals surface area contributed by atoms with Crippen LogP contribution in [0.15, 0.2) is 29.3 Å². The predicted octanol–water partition coefficient (Wildman–Crippen LogP) is 2.20. The zero-order valence-electron chi connectivity index (χ0n) is 9.53. The van der Waals surface area contributed by atoms with Gasteiger partial charge in [-0.05, 0) is 32.9 Å². The van der Waals surface area contributed by atoms with Gasteiger partial charge in [-0.2, -0.15) is 0 Å². The third-order valence-electron chi connectivity index (χ3n) is 1.84. The summed E-state index contributed by atoms with van der Waals surface area (Å²) in [4.78, 5) is 4.29. The molecule has 0 unspecified atom stereocenters. The molecule has 82 valence electrons. The Morgan fingerprint density at radius 3 is 2.80 bits per heavy atom. The van der Waals surface area contributed by atoms with Gasteiger partial charge in [0.2, 0.25) is 0 Å². The molecule has 0 saturated carbocycles. The van der Waals surface area contributed by atoms with Gasteiger partial charge < -0.3 is 10.5 Å². The maximum Gasteiger partial charge on any atom is 0.126 e. The fourth-order valence-electron chi connectivity index (χ4n) is 1.26. The van der Waals surface area contributed by atoms with Crippen LogP contribution in [0.1, 0.15) is 26.3 Å². The number of nitrogens with zero attached hydrogens (tertiary/aromatic N) is 1. The number of ether oxygens (including phenoxy) is 1. The summed E-state index contributed by atoms with van der Waals surface area (Å²) in [5.41, 5.74) is 6.77. The fourth-order valence-corrected chi connectivity index (χ4v) is 1.26. The van der Waals surface area contributed by atoms with E-state index in [4.69, 9.17) is 10.5 Å². The molecule has 0 radical (unpaired) electrons. The summed E-state index contributed by atoms with van der Waals surface area (Å²) in [6.45, 7) is 6.61. The molecular formula is C12H18N2O. The van der Waals surface area contributed by atoms with Gasteiger partial charge in [-0.1, -0.05) is 12.1 Å². The Morgan fingerprint density at radius 2 is 2.20 bits per heavy atom. The summed E-state index contributed by atoms with van der Waals surface area (Å²) in [6, 6.07) is 7.88. The van der Waals surface area contributed by atoms with Crippen LogP contribution in [0.2, 0.25) is 0 Å². The standard InChI is InChI=1S/C12H18N2O/c1-4-15-11-7-5-6-10(8-11)12(13)14-9(2)3/h5-9H,4H2,1-3H3,(H2,13,14). The Labute approximate surface area is 91.0 Å². The molecule has 0 bridgehead atoms. The quantitative estimate of drug-likeness (QED) is 0.606. The van der Waals surface area contributed by atoms with Crippen molar-refractivity contribution in [3.05, 3.63) is 29.8 Å². The molecule has 0 aliphatic rings. The Bertz CT molecular complexity index is 345. The van der Waals surface area contributed by atoms with E-state index in [-0.39, 0.29) is 6.04 Å². The largest absolute Gasteiger partial charge is 0.494 e. The van der Waals surface area contributed by atoms with Crippen LogP contribution >= 0.6 is 0 Å². The molecule has 1 aromatic rings. The van der Waals surface area contributed by atoms with Crippen molar-refractivity contribution < 1.29 is 4.74 Å². The molecule has 2 N–H and O–H groups in total. The summed E-state index contributed by atoms with van der Waals surface area (Å²) in [5, 5.41) is 0. The molecule has 0 saturated heterocycles. The monoisotopic (exact) mass is 206 g/mol. The lowest BCUT2D eigenvalue weighted by molar-refractivity contribution is 0.340. The molecule has 15 heavy (non-hydrogen) atoms. The van der Waals surface area contributed by atoms with Gasteiger partial charge in [0.1, 0.15) is 11.6 Å². The molecule has 0 fully saturated rings. The highest BCUT2D eigenvalue weighted by Gasteiger charge is 2.01. The minimum atomic E-state index is 0.209. The van der Waals surface area contributed by atoms with E-state index >= 15 is 0 Å². The molecule has 1 rings (SSSR count). The van der Waals surface area contributed by atoms with E-state index in [1.807, 2.05) is 45.0 Å². The molecule has 0 atom stereocenters. The van der Waals surface area contributed by atoms with Gasteiger partial charge in [-0.3, -0.25) is 4.99 Å². The summed E-state index contributed by atoms with van der Waals surface area (Å²) >= 11 is 0. The zero-order valence-corrected chi connectivity index (χ0v) is 9.53. The highest BCUT2D eigenvalue weighted by molar-refractivity contribution is 5.97. The lowest BCUT2D eigenvalue weighted by Crippen LogP contribution is -2.15. The molecule has 0 heterocycles. The van der Waals surface area contributed by atoms with Gasteiger partial charge in [0.25, 0.3) is 0 Å². The maximum atomic E-state index is 5.86. The summed E-state index contributed by atoms with van der Waals surface area (Å²) < 4.78 is 5.39. The Kier molecular flexibility index (Phi) is 4.16. The second-order valence-corrected chi connectivity index (χ2v) is 3.57. The summed E-state index contributed by atoms with van der Waals surface area (Å²) in [6.07, 6.45) is 0. The minimum Gasteiger partial charge on any atom is -0.494 e. The van der Waals surface area contributed by atoms with Crippen molar-refractivity contribution in [3.8, 4) is 5.75 Å². The van der Waals surface area contributed by atoms with E-state index < -0.39 is 0 Å². The molecule has 0 aliphatic heterocycles. The predicted molar refractivity (Wildman–Crippen MR) is 63.5 cm³/mol. The second-order valence-electron chi connectivity index (χ2n) is 3.57. The van der Waals surface area contributed by atoms with Crippen molar-refractivity contribution in [1.82, 2.24) is 0 Å². The van der Waals surface area contributed by atoms with Crippen LogP contribution in [0.5, 0.6) is 5.75 Å². The van der Waals surface area contributed by atoms with Gasteiger partial charge in [0, 0.05) is 11.6 Å². The van der Waals surface area contributed by atoms with Crippen LogP contribution in [0.25, 0.3) is 0 Å². The van der Waals surface area contributed by atoms with Crippen LogP contribution in [-0.2, 0) is 0 Å². The molecule has 3 heteroatoms. The van der Waals surface area contributed by atoms with Crippen molar-refractivity contribution in [1.29, 1.82) is 0 Å². The first-order chi connectivity index (χ1) is 7.13. The smallest absolute Gasteiger partial charge is 0.126 e. The Hall–Kier alpha value is -1.51. The first-order valence-corrected chi connectivity index (χ1v) is 5.20.